The molecule has 1 saturated heterocycles. The van der Waals surface area contributed by atoms with Gasteiger partial charge in [-0.25, -0.2) is 14.3 Å². The summed E-state index contributed by atoms with van der Waals surface area (Å²) in [5.74, 6) is -1.04. The Kier molecular flexibility index (Phi) is 6.60. The average molecular weight is 481 g/mol. The molecule has 1 aliphatic heterocycles. The van der Waals surface area contributed by atoms with Gasteiger partial charge in [0.2, 0.25) is 0 Å². The van der Waals surface area contributed by atoms with Crippen molar-refractivity contribution in [1.82, 2.24) is 20.0 Å². The molecule has 1 aromatic heterocycles. The summed E-state index contributed by atoms with van der Waals surface area (Å²) in [7, 11) is 0. The molecule has 0 unspecified atom stereocenters. The number of benzene rings is 2. The molecule has 1 N–H and O–H groups in total. The Balaban J connectivity index is 1.53. The van der Waals surface area contributed by atoms with Crippen LogP contribution in [-0.2, 0) is 11.2 Å². The van der Waals surface area contributed by atoms with Gasteiger partial charge >= 0.3 is 6.09 Å². The van der Waals surface area contributed by atoms with Crippen LogP contribution in [0.2, 0.25) is 0 Å². The first-order valence-electron chi connectivity index (χ1n) is 11.6. The molecule has 9 heteroatoms. The van der Waals surface area contributed by atoms with Crippen LogP contribution in [0.4, 0.5) is 9.18 Å². The first-order valence-corrected chi connectivity index (χ1v) is 11.6. The van der Waals surface area contributed by atoms with Crippen molar-refractivity contribution in [3.05, 3.63) is 75.5 Å². The fraction of sp³-hybridized carbons (Fsp3) is 0.385. The quantitative estimate of drug-likeness (QED) is 0.616. The van der Waals surface area contributed by atoms with Gasteiger partial charge in [-0.15, -0.1) is 0 Å². The summed E-state index contributed by atoms with van der Waals surface area (Å²) >= 11 is 0. The summed E-state index contributed by atoms with van der Waals surface area (Å²) in [6.45, 7) is 8.11. The number of hydrogen-bond donors (Lipinski definition) is 1. The summed E-state index contributed by atoms with van der Waals surface area (Å²) in [5, 5.41) is 7.90. The minimum atomic E-state index is -0.611. The molecule has 0 spiro atoms. The molecule has 0 aliphatic carbocycles. The fourth-order valence-electron chi connectivity index (χ4n) is 4.25. The molecular weight excluding hydrogens is 451 g/mol. The van der Waals surface area contributed by atoms with Crippen molar-refractivity contribution in [1.29, 1.82) is 0 Å². The maximum Gasteiger partial charge on any atom is 0.410 e. The number of H-pyrrole nitrogens is 1. The zero-order valence-electron chi connectivity index (χ0n) is 20.3. The number of halogens is 1. The van der Waals surface area contributed by atoms with E-state index in [9.17, 15) is 18.8 Å². The maximum absolute atomic E-state index is 14.7. The molecule has 1 aliphatic rings. The Bertz CT molecular complexity index is 1330. The lowest BCUT2D eigenvalue weighted by Crippen LogP contribution is -2.56. The molecule has 0 saturated carbocycles. The Morgan fingerprint density at radius 1 is 1.14 bits per heavy atom. The second-order valence-electron chi connectivity index (χ2n) is 9.81. The first kappa shape index (κ1) is 24.4. The second kappa shape index (κ2) is 9.48. The van der Waals surface area contributed by atoms with Gasteiger partial charge in [0, 0.05) is 37.5 Å². The van der Waals surface area contributed by atoms with Gasteiger partial charge in [0.1, 0.15) is 11.4 Å². The summed E-state index contributed by atoms with van der Waals surface area (Å²) in [4.78, 5) is 40.9. The SMILES string of the molecule is C[C@@H]1CN(C(=O)OC(C)(C)C)CCN1C(=O)c1cc(Cc2n[nH]c(=O)c3ccccc23)ccc1F. The van der Waals surface area contributed by atoms with E-state index in [1.165, 1.54) is 12.1 Å². The van der Waals surface area contributed by atoms with Crippen molar-refractivity contribution in [2.45, 2.75) is 45.8 Å². The van der Waals surface area contributed by atoms with E-state index >= 15 is 0 Å². The average Bonchev–Trinajstić information content (AvgIpc) is 2.80. The third-order valence-electron chi connectivity index (χ3n) is 5.95. The van der Waals surface area contributed by atoms with E-state index in [0.29, 0.717) is 41.5 Å². The molecule has 3 aromatic rings. The van der Waals surface area contributed by atoms with Gasteiger partial charge in [-0.2, -0.15) is 5.10 Å². The van der Waals surface area contributed by atoms with Gasteiger partial charge < -0.3 is 14.5 Å². The van der Waals surface area contributed by atoms with Crippen molar-refractivity contribution in [2.24, 2.45) is 0 Å². The van der Waals surface area contributed by atoms with Crippen molar-refractivity contribution >= 4 is 22.8 Å². The van der Waals surface area contributed by atoms with Crippen molar-refractivity contribution in [3.8, 4) is 0 Å². The summed E-state index contributed by atoms with van der Waals surface area (Å²) in [6.07, 6.45) is -0.106. The predicted molar refractivity (Wildman–Crippen MR) is 130 cm³/mol. The minimum absolute atomic E-state index is 0.0335. The lowest BCUT2D eigenvalue weighted by Gasteiger charge is -2.40. The molecule has 8 nitrogen and oxygen atoms in total. The van der Waals surface area contributed by atoms with Crippen LogP contribution in [0.25, 0.3) is 10.8 Å². The van der Waals surface area contributed by atoms with Gasteiger partial charge in [-0.3, -0.25) is 9.59 Å². The number of amides is 2. The highest BCUT2D eigenvalue weighted by molar-refractivity contribution is 5.95. The first-order chi connectivity index (χ1) is 16.5. The third kappa shape index (κ3) is 5.34. The van der Waals surface area contributed by atoms with Crippen LogP contribution < -0.4 is 5.56 Å². The summed E-state index contributed by atoms with van der Waals surface area (Å²) in [6, 6.07) is 11.2. The molecule has 2 amide bonds. The van der Waals surface area contributed by atoms with Crippen LogP contribution >= 0.6 is 0 Å². The number of carbonyl (C=O) groups excluding carboxylic acids is 2. The number of fused-ring (bicyclic) bond motifs is 1. The number of carbonyl (C=O) groups is 2. The van der Waals surface area contributed by atoms with Crippen LogP contribution in [0.15, 0.2) is 47.3 Å². The van der Waals surface area contributed by atoms with E-state index in [0.717, 1.165) is 0 Å². The Morgan fingerprint density at radius 3 is 2.54 bits per heavy atom. The highest BCUT2D eigenvalue weighted by Gasteiger charge is 2.33. The van der Waals surface area contributed by atoms with Crippen LogP contribution in [0.5, 0.6) is 0 Å². The number of ether oxygens (including phenoxy) is 1. The highest BCUT2D eigenvalue weighted by atomic mass is 19.1. The number of rotatable bonds is 3. The van der Waals surface area contributed by atoms with Crippen LogP contribution in [0.3, 0.4) is 0 Å². The van der Waals surface area contributed by atoms with E-state index in [1.54, 1.807) is 48.8 Å². The Morgan fingerprint density at radius 2 is 1.86 bits per heavy atom. The van der Waals surface area contributed by atoms with Crippen LogP contribution in [0, 0.1) is 5.82 Å². The monoisotopic (exact) mass is 480 g/mol. The van der Waals surface area contributed by atoms with Gasteiger partial charge in [0.05, 0.1) is 16.6 Å². The summed E-state index contributed by atoms with van der Waals surface area (Å²) < 4.78 is 20.2. The van der Waals surface area contributed by atoms with Crippen molar-refractivity contribution < 1.29 is 18.7 Å². The molecule has 2 aromatic carbocycles. The molecule has 1 atom stereocenters. The van der Waals surface area contributed by atoms with Crippen LogP contribution in [0.1, 0.15) is 49.3 Å². The number of nitrogens with one attached hydrogen (secondary N) is 1. The van der Waals surface area contributed by atoms with Crippen molar-refractivity contribution in [2.75, 3.05) is 19.6 Å². The molecular formula is C26H29FN4O4. The van der Waals surface area contributed by atoms with Gasteiger partial charge in [-0.05, 0) is 51.5 Å². The fourth-order valence-corrected chi connectivity index (χ4v) is 4.25. The number of aromatic amines is 1. The molecule has 35 heavy (non-hydrogen) atoms. The zero-order valence-corrected chi connectivity index (χ0v) is 20.3. The molecule has 1 fully saturated rings. The normalized spacial score (nSPS) is 16.4. The second-order valence-corrected chi connectivity index (χ2v) is 9.81. The minimum Gasteiger partial charge on any atom is -0.444 e. The molecule has 0 bridgehead atoms. The Hall–Kier alpha value is -3.75. The van der Waals surface area contributed by atoms with Gasteiger partial charge in [-0.1, -0.05) is 24.3 Å². The molecule has 2 heterocycles. The van der Waals surface area contributed by atoms with Crippen molar-refractivity contribution in [3.63, 3.8) is 0 Å². The molecule has 4 rings (SSSR count). The topological polar surface area (TPSA) is 95.6 Å². The lowest BCUT2D eigenvalue weighted by molar-refractivity contribution is 0.00607. The molecule has 184 valence electrons. The van der Waals surface area contributed by atoms with Gasteiger partial charge in [0.25, 0.3) is 11.5 Å². The van der Waals surface area contributed by atoms with E-state index in [1.807, 2.05) is 19.1 Å². The largest absolute Gasteiger partial charge is 0.444 e. The Labute approximate surface area is 202 Å². The zero-order chi connectivity index (χ0) is 25.3. The lowest BCUT2D eigenvalue weighted by atomic mass is 10.0. The standard InChI is InChI=1S/C26H29FN4O4/c1-16-15-30(25(34)35-26(2,3)4)11-12-31(16)24(33)20-13-17(9-10-21(20)27)14-22-18-7-5-6-8-19(18)23(32)29-28-22/h5-10,13,16H,11-12,14-15H2,1-4H3,(H,29,32)/t16-/m1/s1. The number of aromatic nitrogens is 2. The smallest absolute Gasteiger partial charge is 0.410 e. The van der Waals surface area contributed by atoms with Gasteiger partial charge in [0.15, 0.2) is 0 Å². The van der Waals surface area contributed by atoms with E-state index in [4.69, 9.17) is 4.74 Å². The van der Waals surface area contributed by atoms with E-state index < -0.39 is 23.4 Å². The van der Waals surface area contributed by atoms with E-state index in [2.05, 4.69) is 10.2 Å². The highest BCUT2D eigenvalue weighted by Crippen LogP contribution is 2.22. The number of hydrogen-bond acceptors (Lipinski definition) is 5. The number of nitrogens with zero attached hydrogens (tertiary/aromatic N) is 3. The molecule has 0 radical (unpaired) electrons. The van der Waals surface area contributed by atoms with Crippen LogP contribution in [-0.4, -0.2) is 63.3 Å². The summed E-state index contributed by atoms with van der Waals surface area (Å²) in [5.41, 5.74) is 0.402. The predicted octanol–water partition coefficient (Wildman–Crippen LogP) is 3.73. The maximum atomic E-state index is 14.7. The van der Waals surface area contributed by atoms with E-state index in [-0.39, 0.29) is 23.7 Å². The third-order valence-corrected chi connectivity index (χ3v) is 5.95. The number of piperazine rings is 1.